The van der Waals surface area contributed by atoms with Gasteiger partial charge in [0, 0.05) is 0 Å². The lowest BCUT2D eigenvalue weighted by Gasteiger charge is -2.04. The molecule has 0 fully saturated rings. The molecule has 0 bridgehead atoms. The van der Waals surface area contributed by atoms with E-state index in [1.807, 2.05) is 6.07 Å². The maximum Gasteiger partial charge on any atom is 0.335 e. The fourth-order valence-corrected chi connectivity index (χ4v) is 2.31. The van der Waals surface area contributed by atoms with Gasteiger partial charge in [0.15, 0.2) is 5.75 Å². The van der Waals surface area contributed by atoms with Gasteiger partial charge in [-0.1, -0.05) is 35.3 Å². The van der Waals surface area contributed by atoms with E-state index < -0.39 is 5.97 Å². The topological polar surface area (TPSA) is 81.3 Å². The van der Waals surface area contributed by atoms with Gasteiger partial charge in [0.25, 0.3) is 0 Å². The number of hydrogen-bond donors (Lipinski definition) is 2. The molecule has 0 amide bonds. The van der Waals surface area contributed by atoms with Gasteiger partial charge in [-0.15, -0.1) is 0 Å². The maximum atomic E-state index is 10.8. The molecule has 2 aromatic rings. The molecule has 0 atom stereocenters. The molecule has 110 valence electrons. The lowest BCUT2D eigenvalue weighted by molar-refractivity contribution is 0.0697. The SMILES string of the molecule is N#CC(=Cc1cc(Cl)c(O)c(Cl)c1)c1ccc(C(=O)O)cc1. The van der Waals surface area contributed by atoms with Gasteiger partial charge in [-0.3, -0.25) is 0 Å². The summed E-state index contributed by atoms with van der Waals surface area (Å²) in [6.45, 7) is 0. The molecular weight excluding hydrogens is 325 g/mol. The number of phenolic OH excluding ortho intramolecular Hbond substituents is 1. The first-order valence-electron chi connectivity index (χ1n) is 6.06. The predicted octanol–water partition coefficient (Wildman–Crippen LogP) is 4.46. The van der Waals surface area contributed by atoms with Gasteiger partial charge in [0.2, 0.25) is 0 Å². The van der Waals surface area contributed by atoms with Crippen molar-refractivity contribution in [3.8, 4) is 11.8 Å². The van der Waals surface area contributed by atoms with E-state index in [1.165, 1.54) is 24.3 Å². The molecule has 0 unspecified atom stereocenters. The van der Waals surface area contributed by atoms with Gasteiger partial charge in [0.05, 0.1) is 27.3 Å². The molecule has 0 aliphatic carbocycles. The number of nitriles is 1. The van der Waals surface area contributed by atoms with E-state index >= 15 is 0 Å². The average molecular weight is 334 g/mol. The monoisotopic (exact) mass is 333 g/mol. The van der Waals surface area contributed by atoms with E-state index in [4.69, 9.17) is 28.3 Å². The van der Waals surface area contributed by atoms with Gasteiger partial charge < -0.3 is 10.2 Å². The fourth-order valence-electron chi connectivity index (χ4n) is 1.81. The van der Waals surface area contributed by atoms with Crippen LogP contribution in [-0.4, -0.2) is 16.2 Å². The highest BCUT2D eigenvalue weighted by Gasteiger charge is 2.08. The molecule has 0 saturated carbocycles. The molecule has 4 nitrogen and oxygen atoms in total. The Morgan fingerprint density at radius 2 is 1.59 bits per heavy atom. The molecule has 0 aromatic heterocycles. The van der Waals surface area contributed by atoms with Crippen LogP contribution in [0.1, 0.15) is 21.5 Å². The number of allylic oxidation sites excluding steroid dienone is 1. The minimum absolute atomic E-state index is 0.0808. The van der Waals surface area contributed by atoms with Crippen LogP contribution >= 0.6 is 23.2 Å². The summed E-state index contributed by atoms with van der Waals surface area (Å²) >= 11 is 11.7. The van der Waals surface area contributed by atoms with Crippen molar-refractivity contribution in [3.05, 3.63) is 63.1 Å². The number of carboxylic acids is 1. The maximum absolute atomic E-state index is 10.8. The zero-order valence-electron chi connectivity index (χ0n) is 11.0. The van der Waals surface area contributed by atoms with Crippen molar-refractivity contribution in [2.75, 3.05) is 0 Å². The summed E-state index contributed by atoms with van der Waals surface area (Å²) in [6.07, 6.45) is 1.55. The van der Waals surface area contributed by atoms with E-state index in [1.54, 1.807) is 18.2 Å². The highest BCUT2D eigenvalue weighted by atomic mass is 35.5. The molecule has 6 heteroatoms. The Bertz CT molecular complexity index is 782. The highest BCUT2D eigenvalue weighted by Crippen LogP contribution is 2.33. The van der Waals surface area contributed by atoms with Crippen molar-refractivity contribution in [2.45, 2.75) is 0 Å². The minimum Gasteiger partial charge on any atom is -0.505 e. The molecule has 0 radical (unpaired) electrons. The number of rotatable bonds is 3. The molecule has 0 spiro atoms. The zero-order valence-corrected chi connectivity index (χ0v) is 12.6. The van der Waals surface area contributed by atoms with Crippen molar-refractivity contribution in [3.63, 3.8) is 0 Å². The van der Waals surface area contributed by atoms with E-state index in [-0.39, 0.29) is 21.4 Å². The van der Waals surface area contributed by atoms with Crippen LogP contribution in [0.3, 0.4) is 0 Å². The molecule has 0 saturated heterocycles. The predicted molar refractivity (Wildman–Crippen MR) is 85.0 cm³/mol. The molecule has 22 heavy (non-hydrogen) atoms. The van der Waals surface area contributed by atoms with Crippen LogP contribution in [0.5, 0.6) is 5.75 Å². The van der Waals surface area contributed by atoms with Crippen LogP contribution in [0, 0.1) is 11.3 Å². The molecule has 0 aliphatic heterocycles. The lowest BCUT2D eigenvalue weighted by atomic mass is 10.0. The minimum atomic E-state index is -1.04. The molecular formula is C16H9Cl2NO3. The molecule has 2 rings (SSSR count). The van der Waals surface area contributed by atoms with Crippen LogP contribution in [0.15, 0.2) is 36.4 Å². The van der Waals surface area contributed by atoms with Gasteiger partial charge >= 0.3 is 5.97 Å². The standard InChI is InChI=1S/C16H9Cl2NO3/c17-13-6-9(7-14(18)15(13)20)5-12(8-19)10-1-3-11(4-2-10)16(21)22/h1-7,20H,(H,21,22). The second-order valence-electron chi connectivity index (χ2n) is 4.39. The van der Waals surface area contributed by atoms with Crippen molar-refractivity contribution in [1.82, 2.24) is 0 Å². The summed E-state index contributed by atoms with van der Waals surface area (Å²) < 4.78 is 0. The Kier molecular flexibility index (Phi) is 4.71. The summed E-state index contributed by atoms with van der Waals surface area (Å²) in [7, 11) is 0. The number of carboxylic acid groups (broad SMARTS) is 1. The first kappa shape index (κ1) is 15.9. The van der Waals surface area contributed by atoms with Crippen molar-refractivity contribution in [1.29, 1.82) is 5.26 Å². The zero-order chi connectivity index (χ0) is 16.3. The molecule has 2 N–H and O–H groups in total. The van der Waals surface area contributed by atoms with Crippen LogP contribution in [0.25, 0.3) is 11.6 Å². The Hall–Kier alpha value is -2.48. The number of phenols is 1. The van der Waals surface area contributed by atoms with Crippen molar-refractivity contribution >= 4 is 40.8 Å². The number of nitrogens with zero attached hydrogens (tertiary/aromatic N) is 1. The summed E-state index contributed by atoms with van der Waals surface area (Å²) in [5.74, 6) is -1.25. The third kappa shape index (κ3) is 3.40. The van der Waals surface area contributed by atoms with E-state index in [9.17, 15) is 15.2 Å². The van der Waals surface area contributed by atoms with Gasteiger partial charge in [0.1, 0.15) is 0 Å². The second kappa shape index (κ2) is 6.52. The van der Waals surface area contributed by atoms with Crippen LogP contribution < -0.4 is 0 Å². The summed E-state index contributed by atoms with van der Waals surface area (Å²) in [4.78, 5) is 10.8. The Morgan fingerprint density at radius 1 is 1.09 bits per heavy atom. The first-order valence-corrected chi connectivity index (χ1v) is 6.81. The van der Waals surface area contributed by atoms with E-state index in [2.05, 4.69) is 0 Å². The number of carbonyl (C=O) groups is 1. The largest absolute Gasteiger partial charge is 0.505 e. The van der Waals surface area contributed by atoms with Gasteiger partial charge in [-0.05, 0) is 41.5 Å². The third-order valence-electron chi connectivity index (χ3n) is 2.91. The number of aromatic hydroxyl groups is 1. The Morgan fingerprint density at radius 3 is 2.05 bits per heavy atom. The first-order chi connectivity index (χ1) is 10.4. The summed E-state index contributed by atoms with van der Waals surface area (Å²) in [5, 5.41) is 27.8. The molecule has 2 aromatic carbocycles. The number of aromatic carboxylic acids is 1. The van der Waals surface area contributed by atoms with Crippen LogP contribution in [-0.2, 0) is 0 Å². The third-order valence-corrected chi connectivity index (χ3v) is 3.49. The van der Waals surface area contributed by atoms with Crippen molar-refractivity contribution < 1.29 is 15.0 Å². The summed E-state index contributed by atoms with van der Waals surface area (Å²) in [6, 6.07) is 10.9. The second-order valence-corrected chi connectivity index (χ2v) is 5.20. The number of benzene rings is 2. The highest BCUT2D eigenvalue weighted by molar-refractivity contribution is 6.37. The lowest BCUT2D eigenvalue weighted by Crippen LogP contribution is -1.95. The van der Waals surface area contributed by atoms with Crippen LogP contribution in [0.2, 0.25) is 10.0 Å². The van der Waals surface area contributed by atoms with Crippen LogP contribution in [0.4, 0.5) is 0 Å². The molecule has 0 aliphatic rings. The van der Waals surface area contributed by atoms with E-state index in [0.717, 1.165) is 0 Å². The average Bonchev–Trinajstić information content (AvgIpc) is 2.50. The smallest absolute Gasteiger partial charge is 0.335 e. The van der Waals surface area contributed by atoms with E-state index in [0.29, 0.717) is 16.7 Å². The number of hydrogen-bond acceptors (Lipinski definition) is 3. The van der Waals surface area contributed by atoms with Gasteiger partial charge in [-0.25, -0.2) is 4.79 Å². The Labute approximate surface area is 136 Å². The quantitative estimate of drug-likeness (QED) is 0.641. The Balaban J connectivity index is 2.44. The molecule has 0 heterocycles. The van der Waals surface area contributed by atoms with Crippen molar-refractivity contribution in [2.24, 2.45) is 0 Å². The fraction of sp³-hybridized carbons (Fsp3) is 0. The van der Waals surface area contributed by atoms with Gasteiger partial charge in [-0.2, -0.15) is 5.26 Å². The normalized spacial score (nSPS) is 11.0. The number of halogens is 2. The summed E-state index contributed by atoms with van der Waals surface area (Å²) in [5.41, 5.74) is 1.56.